The van der Waals surface area contributed by atoms with E-state index in [9.17, 15) is 9.90 Å². The van der Waals surface area contributed by atoms with Gasteiger partial charge in [0, 0.05) is 0 Å². The van der Waals surface area contributed by atoms with Crippen molar-refractivity contribution in [1.82, 2.24) is 0 Å². The van der Waals surface area contributed by atoms with Gasteiger partial charge in [-0.05, 0) is 49.1 Å². The van der Waals surface area contributed by atoms with E-state index in [0.29, 0.717) is 25.4 Å². The smallest absolute Gasteiger partial charge is 0.311 e. The predicted octanol–water partition coefficient (Wildman–Crippen LogP) is 4.68. The van der Waals surface area contributed by atoms with Crippen molar-refractivity contribution >= 4 is 5.97 Å². The van der Waals surface area contributed by atoms with Gasteiger partial charge >= 0.3 is 5.97 Å². The largest absolute Gasteiger partial charge is 0.494 e. The SMILES string of the molecule is CCCCOc1ccccc1CC(C(=O)O)c1cccc(OCC)c1. The van der Waals surface area contributed by atoms with Crippen molar-refractivity contribution in [3.05, 3.63) is 59.7 Å². The summed E-state index contributed by atoms with van der Waals surface area (Å²) in [6.45, 7) is 5.21. The molecular formula is C21H26O4. The molecule has 25 heavy (non-hydrogen) atoms. The maximum atomic E-state index is 11.9. The second kappa shape index (κ2) is 9.72. The third-order valence-electron chi connectivity index (χ3n) is 4.02. The summed E-state index contributed by atoms with van der Waals surface area (Å²) < 4.78 is 11.3. The Morgan fingerprint density at radius 3 is 2.60 bits per heavy atom. The zero-order chi connectivity index (χ0) is 18.1. The molecule has 134 valence electrons. The predicted molar refractivity (Wildman–Crippen MR) is 98.5 cm³/mol. The van der Waals surface area contributed by atoms with Gasteiger partial charge in [0.15, 0.2) is 0 Å². The third-order valence-corrected chi connectivity index (χ3v) is 4.02. The molecule has 2 rings (SSSR count). The molecule has 0 radical (unpaired) electrons. The molecule has 1 atom stereocenters. The molecular weight excluding hydrogens is 316 g/mol. The number of ether oxygens (including phenoxy) is 2. The van der Waals surface area contributed by atoms with E-state index in [4.69, 9.17) is 9.47 Å². The summed E-state index contributed by atoms with van der Waals surface area (Å²) in [7, 11) is 0. The third kappa shape index (κ3) is 5.52. The van der Waals surface area contributed by atoms with Gasteiger partial charge in [-0.3, -0.25) is 4.79 Å². The fourth-order valence-corrected chi connectivity index (χ4v) is 2.70. The van der Waals surface area contributed by atoms with Crippen LogP contribution in [-0.2, 0) is 11.2 Å². The van der Waals surface area contributed by atoms with E-state index in [1.807, 2.05) is 55.5 Å². The van der Waals surface area contributed by atoms with Gasteiger partial charge < -0.3 is 14.6 Å². The highest BCUT2D eigenvalue weighted by molar-refractivity contribution is 5.77. The quantitative estimate of drug-likeness (QED) is 0.637. The molecule has 0 amide bonds. The first-order chi connectivity index (χ1) is 12.2. The lowest BCUT2D eigenvalue weighted by atomic mass is 9.91. The van der Waals surface area contributed by atoms with Gasteiger partial charge in [-0.1, -0.05) is 43.7 Å². The number of unbranched alkanes of at least 4 members (excludes halogenated alkanes) is 1. The summed E-state index contributed by atoms with van der Waals surface area (Å²) in [4.78, 5) is 11.9. The first-order valence-corrected chi connectivity index (χ1v) is 8.82. The molecule has 1 N–H and O–H groups in total. The minimum atomic E-state index is -0.850. The van der Waals surface area contributed by atoms with Crippen molar-refractivity contribution < 1.29 is 19.4 Å². The minimum absolute atomic E-state index is 0.382. The van der Waals surface area contributed by atoms with E-state index in [-0.39, 0.29) is 0 Å². The van der Waals surface area contributed by atoms with Gasteiger partial charge in [-0.15, -0.1) is 0 Å². The van der Waals surface area contributed by atoms with E-state index < -0.39 is 11.9 Å². The van der Waals surface area contributed by atoms with E-state index in [2.05, 4.69) is 6.92 Å². The van der Waals surface area contributed by atoms with Crippen LogP contribution in [0, 0.1) is 0 Å². The standard InChI is InChI=1S/C21H26O4/c1-3-5-13-25-20-12-7-6-9-17(20)15-19(21(22)23)16-10-8-11-18(14-16)24-4-2/h6-12,14,19H,3-5,13,15H2,1-2H3,(H,22,23). The maximum absolute atomic E-state index is 11.9. The Morgan fingerprint density at radius 2 is 1.88 bits per heavy atom. The Bertz CT molecular complexity index is 681. The second-order valence-corrected chi connectivity index (χ2v) is 5.91. The molecule has 0 bridgehead atoms. The topological polar surface area (TPSA) is 55.8 Å². The van der Waals surface area contributed by atoms with Gasteiger partial charge in [0.05, 0.1) is 19.1 Å². The lowest BCUT2D eigenvalue weighted by molar-refractivity contribution is -0.138. The van der Waals surface area contributed by atoms with Crippen LogP contribution in [0.25, 0.3) is 0 Å². The fourth-order valence-electron chi connectivity index (χ4n) is 2.70. The summed E-state index contributed by atoms with van der Waals surface area (Å²) in [5, 5.41) is 9.73. The summed E-state index contributed by atoms with van der Waals surface area (Å²) >= 11 is 0. The number of para-hydroxylation sites is 1. The number of benzene rings is 2. The molecule has 2 aromatic carbocycles. The number of carboxylic acids is 1. The van der Waals surface area contributed by atoms with E-state index in [1.54, 1.807) is 0 Å². The Kier molecular flexibility index (Phi) is 7.33. The lowest BCUT2D eigenvalue weighted by Crippen LogP contribution is -2.15. The van der Waals surface area contributed by atoms with Crippen LogP contribution in [0.3, 0.4) is 0 Å². The average Bonchev–Trinajstić information content (AvgIpc) is 2.61. The van der Waals surface area contributed by atoms with Crippen LogP contribution in [0.5, 0.6) is 11.5 Å². The van der Waals surface area contributed by atoms with E-state index in [0.717, 1.165) is 29.7 Å². The summed E-state index contributed by atoms with van der Waals surface area (Å²) in [6.07, 6.45) is 2.42. The van der Waals surface area contributed by atoms with Crippen molar-refractivity contribution in [3.8, 4) is 11.5 Å². The molecule has 0 saturated carbocycles. The Labute approximate surface area is 149 Å². The fraction of sp³-hybridized carbons (Fsp3) is 0.381. The Morgan fingerprint density at radius 1 is 1.08 bits per heavy atom. The van der Waals surface area contributed by atoms with Crippen molar-refractivity contribution in [2.75, 3.05) is 13.2 Å². The molecule has 0 spiro atoms. The first kappa shape index (κ1) is 18.8. The molecule has 4 nitrogen and oxygen atoms in total. The summed E-state index contributed by atoms with van der Waals surface area (Å²) in [6, 6.07) is 15.0. The van der Waals surface area contributed by atoms with Crippen molar-refractivity contribution in [2.45, 2.75) is 39.0 Å². The van der Waals surface area contributed by atoms with Crippen LogP contribution in [0.1, 0.15) is 43.7 Å². The first-order valence-electron chi connectivity index (χ1n) is 8.82. The van der Waals surface area contributed by atoms with Crippen LogP contribution >= 0.6 is 0 Å². The highest BCUT2D eigenvalue weighted by Gasteiger charge is 2.22. The van der Waals surface area contributed by atoms with Gasteiger partial charge in [-0.25, -0.2) is 0 Å². The highest BCUT2D eigenvalue weighted by Crippen LogP contribution is 2.29. The Balaban J connectivity index is 2.22. The van der Waals surface area contributed by atoms with Gasteiger partial charge in [0.25, 0.3) is 0 Å². The van der Waals surface area contributed by atoms with Crippen LogP contribution in [0.4, 0.5) is 0 Å². The van der Waals surface area contributed by atoms with Crippen LogP contribution < -0.4 is 9.47 Å². The number of rotatable bonds is 10. The zero-order valence-electron chi connectivity index (χ0n) is 14.9. The van der Waals surface area contributed by atoms with Crippen LogP contribution in [0.15, 0.2) is 48.5 Å². The number of carboxylic acid groups (broad SMARTS) is 1. The maximum Gasteiger partial charge on any atom is 0.311 e. The number of aliphatic carboxylic acids is 1. The molecule has 0 fully saturated rings. The lowest BCUT2D eigenvalue weighted by Gasteiger charge is -2.17. The second-order valence-electron chi connectivity index (χ2n) is 5.91. The van der Waals surface area contributed by atoms with Crippen molar-refractivity contribution in [2.24, 2.45) is 0 Å². The molecule has 1 unspecified atom stereocenters. The van der Waals surface area contributed by atoms with E-state index >= 15 is 0 Å². The van der Waals surface area contributed by atoms with Gasteiger partial charge in [0.2, 0.25) is 0 Å². The molecule has 0 saturated heterocycles. The molecule has 4 heteroatoms. The molecule has 0 aliphatic rings. The number of hydrogen-bond donors (Lipinski definition) is 1. The van der Waals surface area contributed by atoms with Crippen molar-refractivity contribution in [3.63, 3.8) is 0 Å². The molecule has 0 aliphatic heterocycles. The molecule has 2 aromatic rings. The molecule has 0 heterocycles. The molecule has 0 aliphatic carbocycles. The average molecular weight is 342 g/mol. The van der Waals surface area contributed by atoms with E-state index in [1.165, 1.54) is 0 Å². The minimum Gasteiger partial charge on any atom is -0.494 e. The normalized spacial score (nSPS) is 11.8. The number of carbonyl (C=O) groups is 1. The monoisotopic (exact) mass is 342 g/mol. The summed E-state index contributed by atoms with van der Waals surface area (Å²) in [5.74, 6) is -0.0322. The summed E-state index contributed by atoms with van der Waals surface area (Å²) in [5.41, 5.74) is 1.65. The van der Waals surface area contributed by atoms with Gasteiger partial charge in [-0.2, -0.15) is 0 Å². The van der Waals surface area contributed by atoms with Crippen molar-refractivity contribution in [1.29, 1.82) is 0 Å². The number of hydrogen-bond acceptors (Lipinski definition) is 3. The molecule has 0 aromatic heterocycles. The van der Waals surface area contributed by atoms with Crippen LogP contribution in [0.2, 0.25) is 0 Å². The zero-order valence-corrected chi connectivity index (χ0v) is 14.9. The van der Waals surface area contributed by atoms with Crippen LogP contribution in [-0.4, -0.2) is 24.3 Å². The Hall–Kier alpha value is -2.49. The van der Waals surface area contributed by atoms with Gasteiger partial charge in [0.1, 0.15) is 11.5 Å². The highest BCUT2D eigenvalue weighted by atomic mass is 16.5.